The van der Waals surface area contributed by atoms with Crippen LogP contribution in [0.3, 0.4) is 0 Å². The van der Waals surface area contributed by atoms with Gasteiger partial charge in [-0.05, 0) is 25.0 Å². The number of rotatable bonds is 3. The Morgan fingerprint density at radius 3 is 2.32 bits per heavy atom. The summed E-state index contributed by atoms with van der Waals surface area (Å²) in [7, 11) is 0. The zero-order valence-electron chi connectivity index (χ0n) is 11.6. The van der Waals surface area contributed by atoms with Crippen molar-refractivity contribution in [2.24, 2.45) is 11.8 Å². The topological polar surface area (TPSA) is 95.5 Å². The third-order valence-corrected chi connectivity index (χ3v) is 3.50. The summed E-state index contributed by atoms with van der Waals surface area (Å²) in [5.41, 5.74) is 4.05. The van der Waals surface area contributed by atoms with Crippen LogP contribution in [0.25, 0.3) is 0 Å². The Bertz CT molecular complexity index is 630. The van der Waals surface area contributed by atoms with Crippen molar-refractivity contribution in [2.75, 3.05) is 0 Å². The van der Waals surface area contributed by atoms with E-state index in [4.69, 9.17) is 5.11 Å². The molecule has 0 saturated heterocycles. The van der Waals surface area contributed by atoms with E-state index in [0.29, 0.717) is 0 Å². The van der Waals surface area contributed by atoms with E-state index >= 15 is 0 Å². The van der Waals surface area contributed by atoms with Gasteiger partial charge in [0.1, 0.15) is 5.82 Å². The number of amides is 2. The van der Waals surface area contributed by atoms with E-state index in [1.807, 2.05) is 0 Å². The minimum Gasteiger partial charge on any atom is -0.481 e. The molecular weight excluding hydrogens is 291 g/mol. The number of nitrogens with one attached hydrogen (secondary N) is 2. The van der Waals surface area contributed by atoms with E-state index in [1.165, 1.54) is 18.2 Å². The number of hydrogen-bond donors (Lipinski definition) is 3. The van der Waals surface area contributed by atoms with Gasteiger partial charge in [0.15, 0.2) is 0 Å². The van der Waals surface area contributed by atoms with Crippen LogP contribution in [-0.2, 0) is 9.59 Å². The summed E-state index contributed by atoms with van der Waals surface area (Å²) in [6.07, 6.45) is 3.97. The number of hydrazine groups is 1. The van der Waals surface area contributed by atoms with E-state index in [-0.39, 0.29) is 18.4 Å². The molecular formula is C15H15FN2O4. The number of carboxylic acids is 1. The molecule has 2 atom stereocenters. The average molecular weight is 306 g/mol. The van der Waals surface area contributed by atoms with Crippen molar-refractivity contribution in [2.45, 2.75) is 12.8 Å². The Labute approximate surface area is 126 Å². The van der Waals surface area contributed by atoms with Crippen LogP contribution < -0.4 is 10.9 Å². The van der Waals surface area contributed by atoms with Crippen molar-refractivity contribution >= 4 is 17.8 Å². The lowest BCUT2D eigenvalue weighted by Gasteiger charge is -2.24. The van der Waals surface area contributed by atoms with Gasteiger partial charge in [0.25, 0.3) is 5.91 Å². The molecule has 0 aliphatic heterocycles. The largest absolute Gasteiger partial charge is 0.481 e. The molecule has 0 heterocycles. The van der Waals surface area contributed by atoms with Gasteiger partial charge in [-0.15, -0.1) is 0 Å². The lowest BCUT2D eigenvalue weighted by atomic mass is 9.82. The molecule has 116 valence electrons. The van der Waals surface area contributed by atoms with Crippen LogP contribution in [-0.4, -0.2) is 22.9 Å². The Morgan fingerprint density at radius 2 is 1.68 bits per heavy atom. The molecule has 0 unspecified atom stereocenters. The van der Waals surface area contributed by atoms with Crippen molar-refractivity contribution in [1.29, 1.82) is 0 Å². The fourth-order valence-electron chi connectivity index (χ4n) is 2.30. The number of aliphatic carboxylic acids is 1. The van der Waals surface area contributed by atoms with E-state index in [0.717, 1.165) is 6.07 Å². The summed E-state index contributed by atoms with van der Waals surface area (Å²) in [6.45, 7) is 0. The zero-order chi connectivity index (χ0) is 16.1. The van der Waals surface area contributed by atoms with Crippen molar-refractivity contribution in [3.8, 4) is 0 Å². The molecule has 2 amide bonds. The van der Waals surface area contributed by atoms with Gasteiger partial charge < -0.3 is 5.11 Å². The molecule has 0 aromatic heterocycles. The predicted molar refractivity (Wildman–Crippen MR) is 75.0 cm³/mol. The highest BCUT2D eigenvalue weighted by Crippen LogP contribution is 2.25. The second-order valence-electron chi connectivity index (χ2n) is 4.92. The molecule has 0 fully saturated rings. The predicted octanol–water partition coefficient (Wildman–Crippen LogP) is 1.25. The summed E-state index contributed by atoms with van der Waals surface area (Å²) in [5.74, 6) is -4.80. The van der Waals surface area contributed by atoms with Crippen LogP contribution in [0.4, 0.5) is 4.39 Å². The lowest BCUT2D eigenvalue weighted by molar-refractivity contribution is -0.147. The molecule has 0 saturated carbocycles. The first kappa shape index (κ1) is 15.7. The number of carbonyl (C=O) groups is 3. The van der Waals surface area contributed by atoms with E-state index < -0.39 is 35.4 Å². The highest BCUT2D eigenvalue weighted by molar-refractivity contribution is 5.96. The summed E-state index contributed by atoms with van der Waals surface area (Å²) < 4.78 is 13.4. The number of carboxylic acid groups (broad SMARTS) is 1. The molecule has 22 heavy (non-hydrogen) atoms. The van der Waals surface area contributed by atoms with Crippen LogP contribution in [0.5, 0.6) is 0 Å². The van der Waals surface area contributed by atoms with Crippen molar-refractivity contribution in [1.82, 2.24) is 10.9 Å². The number of benzene rings is 1. The maximum Gasteiger partial charge on any atom is 0.307 e. The molecule has 6 nitrogen and oxygen atoms in total. The van der Waals surface area contributed by atoms with Crippen LogP contribution in [0.15, 0.2) is 36.4 Å². The van der Waals surface area contributed by atoms with E-state index in [2.05, 4.69) is 10.9 Å². The number of carbonyl (C=O) groups excluding carboxylic acids is 2. The van der Waals surface area contributed by atoms with E-state index in [9.17, 15) is 18.8 Å². The molecule has 1 aromatic carbocycles. The zero-order valence-corrected chi connectivity index (χ0v) is 11.6. The third kappa shape index (κ3) is 3.49. The molecule has 1 aliphatic rings. The average Bonchev–Trinajstić information content (AvgIpc) is 2.52. The number of hydrogen-bond acceptors (Lipinski definition) is 3. The van der Waals surface area contributed by atoms with Gasteiger partial charge in [0.2, 0.25) is 5.91 Å². The fraction of sp³-hybridized carbons (Fsp3) is 0.267. The minimum atomic E-state index is -1.06. The summed E-state index contributed by atoms with van der Waals surface area (Å²) in [5, 5.41) is 9.10. The van der Waals surface area contributed by atoms with Crippen LogP contribution >= 0.6 is 0 Å². The second kappa shape index (κ2) is 6.84. The molecule has 3 N–H and O–H groups in total. The third-order valence-electron chi connectivity index (χ3n) is 3.50. The molecule has 1 aromatic rings. The van der Waals surface area contributed by atoms with Gasteiger partial charge in [0.05, 0.1) is 17.4 Å². The van der Waals surface area contributed by atoms with Gasteiger partial charge >= 0.3 is 5.97 Å². The lowest BCUT2D eigenvalue weighted by Crippen LogP contribution is -2.47. The van der Waals surface area contributed by atoms with E-state index in [1.54, 1.807) is 12.2 Å². The van der Waals surface area contributed by atoms with Crippen molar-refractivity contribution in [3.05, 3.63) is 47.8 Å². The SMILES string of the molecule is O=C(NNC(=O)[C@H]1CC=CC[C@@H]1C(=O)O)c1ccccc1F. The molecule has 0 bridgehead atoms. The Morgan fingerprint density at radius 1 is 1.05 bits per heavy atom. The Hall–Kier alpha value is -2.70. The van der Waals surface area contributed by atoms with Gasteiger partial charge in [-0.25, -0.2) is 4.39 Å². The summed E-state index contributed by atoms with van der Waals surface area (Å²) >= 11 is 0. The first-order chi connectivity index (χ1) is 10.5. The van der Waals surface area contributed by atoms with Crippen LogP contribution in [0.2, 0.25) is 0 Å². The maximum absolute atomic E-state index is 13.4. The number of halogens is 1. The van der Waals surface area contributed by atoms with Gasteiger partial charge in [0, 0.05) is 0 Å². The van der Waals surface area contributed by atoms with Gasteiger partial charge in [-0.2, -0.15) is 0 Å². The van der Waals surface area contributed by atoms with Crippen LogP contribution in [0.1, 0.15) is 23.2 Å². The highest BCUT2D eigenvalue weighted by Gasteiger charge is 2.34. The molecule has 0 spiro atoms. The Kier molecular flexibility index (Phi) is 4.88. The quantitative estimate of drug-likeness (QED) is 0.578. The van der Waals surface area contributed by atoms with Gasteiger partial charge in [-0.3, -0.25) is 25.2 Å². The fourth-order valence-corrected chi connectivity index (χ4v) is 2.30. The second-order valence-corrected chi connectivity index (χ2v) is 4.92. The smallest absolute Gasteiger partial charge is 0.307 e. The standard InChI is InChI=1S/C15H15FN2O4/c16-12-8-4-3-7-11(12)14(20)18-17-13(19)9-5-1-2-6-10(9)15(21)22/h1-4,7-10H,5-6H2,(H,17,19)(H,18,20)(H,21,22)/t9-,10-/m0/s1. The first-order valence-corrected chi connectivity index (χ1v) is 6.73. The normalized spacial score (nSPS) is 20.2. The molecule has 2 rings (SSSR count). The van der Waals surface area contributed by atoms with Crippen molar-refractivity contribution in [3.63, 3.8) is 0 Å². The molecule has 0 radical (unpaired) electrons. The maximum atomic E-state index is 13.4. The van der Waals surface area contributed by atoms with Gasteiger partial charge in [-0.1, -0.05) is 24.3 Å². The minimum absolute atomic E-state index is 0.207. The number of allylic oxidation sites excluding steroid dienone is 2. The summed E-state index contributed by atoms with van der Waals surface area (Å²) in [6, 6.07) is 5.34. The monoisotopic (exact) mass is 306 g/mol. The molecule has 7 heteroatoms. The summed E-state index contributed by atoms with van der Waals surface area (Å²) in [4.78, 5) is 34.9. The first-order valence-electron chi connectivity index (χ1n) is 6.73. The van der Waals surface area contributed by atoms with Crippen LogP contribution in [0, 0.1) is 17.7 Å². The Balaban J connectivity index is 1.98. The van der Waals surface area contributed by atoms with Crippen molar-refractivity contribution < 1.29 is 23.9 Å². The molecule has 1 aliphatic carbocycles. The highest BCUT2D eigenvalue weighted by atomic mass is 19.1.